The van der Waals surface area contributed by atoms with Crippen molar-refractivity contribution >= 4 is 34.6 Å². The minimum atomic E-state index is 0.513. The number of ether oxygens (including phenoxy) is 2. The number of hydrogen-bond donors (Lipinski definition) is 0. The molecule has 7 aromatic rings. The van der Waals surface area contributed by atoms with Gasteiger partial charge in [-0.3, -0.25) is 0 Å². The van der Waals surface area contributed by atoms with Crippen molar-refractivity contribution < 1.29 is 18.6 Å². The van der Waals surface area contributed by atoms with Gasteiger partial charge in [0, 0.05) is 35.4 Å². The van der Waals surface area contributed by atoms with Gasteiger partial charge in [0.1, 0.15) is 11.5 Å². The summed E-state index contributed by atoms with van der Waals surface area (Å²) < 4.78 is 16.5. The lowest BCUT2D eigenvalue weighted by Gasteiger charge is -2.18. The van der Waals surface area contributed by atoms with Gasteiger partial charge in [0.15, 0.2) is 12.4 Å². The monoisotopic (exact) mass is 622 g/mol. The highest BCUT2D eigenvalue weighted by atomic mass is 16.5. The SMILES string of the molecule is C1=[N+](c2ccccc2)COc2c1cccc2-c1cccc2ccccc12.C1=[N+](c2ccccc2)COc2c1cccc2-c1ccccc1. The van der Waals surface area contributed by atoms with Gasteiger partial charge >= 0.3 is 0 Å². The molecular formula is C44H34N2O2+2. The van der Waals surface area contributed by atoms with Crippen LogP contribution in [0.4, 0.5) is 11.4 Å². The third kappa shape index (κ3) is 5.88. The van der Waals surface area contributed by atoms with E-state index in [9.17, 15) is 0 Å². The van der Waals surface area contributed by atoms with E-state index in [1.54, 1.807) is 0 Å². The lowest BCUT2D eigenvalue weighted by molar-refractivity contribution is -0.476. The Bertz CT molecular complexity index is 2270. The Kier molecular flexibility index (Phi) is 8.04. The number of fused-ring (bicyclic) bond motifs is 3. The van der Waals surface area contributed by atoms with Crippen LogP contribution in [0.25, 0.3) is 33.0 Å². The summed E-state index contributed by atoms with van der Waals surface area (Å²) in [5.74, 6) is 1.91. The van der Waals surface area contributed by atoms with Gasteiger partial charge in [0.05, 0.1) is 11.1 Å². The van der Waals surface area contributed by atoms with Crippen molar-refractivity contribution in [3.05, 3.63) is 181 Å². The summed E-state index contributed by atoms with van der Waals surface area (Å²) in [6, 6.07) is 58.5. The average molecular weight is 623 g/mol. The first-order valence-electron chi connectivity index (χ1n) is 16.2. The summed E-state index contributed by atoms with van der Waals surface area (Å²) in [7, 11) is 0. The normalized spacial score (nSPS) is 13.0. The molecule has 0 atom stereocenters. The summed E-state index contributed by atoms with van der Waals surface area (Å²) in [5.41, 5.74) is 9.15. The van der Waals surface area contributed by atoms with E-state index in [4.69, 9.17) is 9.47 Å². The molecule has 0 fully saturated rings. The van der Waals surface area contributed by atoms with E-state index in [1.807, 2.05) is 42.5 Å². The number of nitrogens with zero attached hydrogens (tertiary/aromatic N) is 2. The molecule has 4 heteroatoms. The standard InChI is InChI=1S/C24H18NO.C20H16NO/c1-2-11-20(12-3-1)25-16-19-10-7-15-23(24(19)26-17-25)22-14-6-9-18-8-4-5-13-21(18)22;1-3-8-16(9-4-1)19-13-7-10-17-14-21(15-22-20(17)19)18-11-5-2-6-12-18/h1-16H,17H2;1-14H,15H2/q2*+1. The number of para-hydroxylation sites is 4. The first kappa shape index (κ1) is 29.2. The van der Waals surface area contributed by atoms with E-state index < -0.39 is 0 Å². The van der Waals surface area contributed by atoms with E-state index in [1.165, 1.54) is 21.9 Å². The molecule has 0 N–H and O–H groups in total. The van der Waals surface area contributed by atoms with Crippen LogP contribution in [0.3, 0.4) is 0 Å². The fourth-order valence-corrected chi connectivity index (χ4v) is 6.37. The maximum atomic E-state index is 6.22. The molecular weight excluding hydrogens is 588 g/mol. The molecule has 0 aliphatic carbocycles. The quantitative estimate of drug-likeness (QED) is 0.183. The number of benzene rings is 7. The van der Waals surface area contributed by atoms with Crippen LogP contribution in [0, 0.1) is 0 Å². The van der Waals surface area contributed by atoms with Gasteiger partial charge in [-0.1, -0.05) is 133 Å². The molecule has 0 aromatic heterocycles. The fourth-order valence-electron chi connectivity index (χ4n) is 6.37. The van der Waals surface area contributed by atoms with Crippen molar-refractivity contribution in [1.82, 2.24) is 0 Å². The van der Waals surface area contributed by atoms with Gasteiger partial charge in [-0.2, -0.15) is 9.15 Å². The topological polar surface area (TPSA) is 24.5 Å². The molecule has 9 rings (SSSR count). The van der Waals surface area contributed by atoms with Crippen LogP contribution in [-0.2, 0) is 0 Å². The van der Waals surface area contributed by atoms with Crippen molar-refractivity contribution in [3.8, 4) is 33.8 Å². The first-order chi connectivity index (χ1) is 23.8. The molecule has 0 saturated heterocycles. The average Bonchev–Trinajstić information content (AvgIpc) is 3.18. The maximum Gasteiger partial charge on any atom is 0.292 e. The Morgan fingerprint density at radius 2 is 0.833 bits per heavy atom. The molecule has 0 unspecified atom stereocenters. The summed E-state index contributed by atoms with van der Waals surface area (Å²) in [6.45, 7) is 1.04. The molecule has 0 spiro atoms. The molecule has 2 aliphatic rings. The second-order valence-corrected chi connectivity index (χ2v) is 11.8. The van der Waals surface area contributed by atoms with E-state index in [2.05, 4.69) is 149 Å². The lowest BCUT2D eigenvalue weighted by Crippen LogP contribution is -2.21. The highest BCUT2D eigenvalue weighted by Gasteiger charge is 2.23. The first-order valence-corrected chi connectivity index (χ1v) is 16.2. The van der Waals surface area contributed by atoms with Crippen molar-refractivity contribution in [2.45, 2.75) is 0 Å². The zero-order valence-electron chi connectivity index (χ0n) is 26.4. The second-order valence-electron chi connectivity index (χ2n) is 11.8. The minimum absolute atomic E-state index is 0.513. The van der Waals surface area contributed by atoms with Crippen molar-refractivity contribution in [2.75, 3.05) is 13.5 Å². The molecule has 2 heterocycles. The molecule has 0 saturated carbocycles. The molecule has 4 nitrogen and oxygen atoms in total. The molecule has 0 amide bonds. The van der Waals surface area contributed by atoms with E-state index in [0.717, 1.165) is 45.1 Å². The largest absolute Gasteiger partial charge is 0.434 e. The second kappa shape index (κ2) is 13.2. The lowest BCUT2D eigenvalue weighted by atomic mass is 9.96. The molecule has 0 bridgehead atoms. The van der Waals surface area contributed by atoms with Crippen molar-refractivity contribution in [2.24, 2.45) is 0 Å². The molecule has 48 heavy (non-hydrogen) atoms. The van der Waals surface area contributed by atoms with Crippen LogP contribution in [0.15, 0.2) is 170 Å². The van der Waals surface area contributed by atoms with Crippen LogP contribution in [0.2, 0.25) is 0 Å². The van der Waals surface area contributed by atoms with Crippen LogP contribution in [0.5, 0.6) is 11.5 Å². The van der Waals surface area contributed by atoms with Gasteiger partial charge in [0.2, 0.25) is 11.4 Å². The Balaban J connectivity index is 0.000000142. The fraction of sp³-hybridized carbons (Fsp3) is 0.0455. The zero-order valence-corrected chi connectivity index (χ0v) is 26.4. The van der Waals surface area contributed by atoms with E-state index >= 15 is 0 Å². The Morgan fingerprint density at radius 3 is 1.46 bits per heavy atom. The van der Waals surface area contributed by atoms with E-state index in [0.29, 0.717) is 13.5 Å². The molecule has 2 aliphatic heterocycles. The van der Waals surface area contributed by atoms with Gasteiger partial charge in [-0.15, -0.1) is 0 Å². The smallest absolute Gasteiger partial charge is 0.292 e. The zero-order chi connectivity index (χ0) is 32.1. The third-order valence-electron chi connectivity index (χ3n) is 8.72. The Morgan fingerprint density at radius 1 is 0.375 bits per heavy atom. The van der Waals surface area contributed by atoms with Gasteiger partial charge in [-0.25, -0.2) is 0 Å². The third-order valence-corrected chi connectivity index (χ3v) is 8.72. The highest BCUT2D eigenvalue weighted by molar-refractivity contribution is 6.00. The highest BCUT2D eigenvalue weighted by Crippen LogP contribution is 2.38. The maximum absolute atomic E-state index is 6.22. The summed E-state index contributed by atoms with van der Waals surface area (Å²) in [5, 5.41) is 2.49. The minimum Gasteiger partial charge on any atom is -0.434 e. The van der Waals surface area contributed by atoms with Gasteiger partial charge in [0.25, 0.3) is 13.5 Å². The molecule has 7 aromatic carbocycles. The van der Waals surface area contributed by atoms with Crippen molar-refractivity contribution in [1.29, 1.82) is 0 Å². The van der Waals surface area contributed by atoms with Crippen LogP contribution in [0.1, 0.15) is 11.1 Å². The summed E-state index contributed by atoms with van der Waals surface area (Å²) >= 11 is 0. The molecule has 230 valence electrons. The van der Waals surface area contributed by atoms with Crippen molar-refractivity contribution in [3.63, 3.8) is 0 Å². The van der Waals surface area contributed by atoms with Crippen LogP contribution in [-0.4, -0.2) is 35.0 Å². The summed E-state index contributed by atoms with van der Waals surface area (Å²) in [4.78, 5) is 0. The Hall–Kier alpha value is -6.26. The Labute approximate surface area is 280 Å². The number of rotatable bonds is 4. The summed E-state index contributed by atoms with van der Waals surface area (Å²) in [6.07, 6.45) is 4.32. The van der Waals surface area contributed by atoms with Crippen LogP contribution < -0.4 is 9.47 Å². The van der Waals surface area contributed by atoms with Gasteiger partial charge < -0.3 is 9.47 Å². The van der Waals surface area contributed by atoms with Gasteiger partial charge in [-0.05, 0) is 34.0 Å². The molecule has 0 radical (unpaired) electrons. The number of hydrogen-bond acceptors (Lipinski definition) is 2. The van der Waals surface area contributed by atoms with Crippen LogP contribution >= 0.6 is 0 Å². The predicted octanol–water partition coefficient (Wildman–Crippen LogP) is 10.1. The van der Waals surface area contributed by atoms with E-state index in [-0.39, 0.29) is 0 Å². The predicted molar refractivity (Wildman–Crippen MR) is 195 cm³/mol.